The van der Waals surface area contributed by atoms with E-state index in [0.29, 0.717) is 24.3 Å². The molecule has 0 saturated carbocycles. The zero-order valence-electron chi connectivity index (χ0n) is 16.7. The van der Waals surface area contributed by atoms with Crippen molar-refractivity contribution in [3.63, 3.8) is 0 Å². The van der Waals surface area contributed by atoms with Crippen molar-refractivity contribution < 1.29 is 9.18 Å². The number of aromatic nitrogens is 2. The van der Waals surface area contributed by atoms with E-state index < -0.39 is 0 Å². The van der Waals surface area contributed by atoms with Crippen molar-refractivity contribution in [3.8, 4) is 0 Å². The highest BCUT2D eigenvalue weighted by Gasteiger charge is 2.28. The number of likely N-dealkylation sites (tertiary alicyclic amines) is 1. The lowest BCUT2D eigenvalue weighted by atomic mass is 10.0. The molecule has 1 aliphatic rings. The Bertz CT molecular complexity index is 841. The van der Waals surface area contributed by atoms with Crippen LogP contribution in [0.2, 0.25) is 0 Å². The van der Waals surface area contributed by atoms with Crippen LogP contribution in [0.3, 0.4) is 0 Å². The molecule has 7 heteroatoms. The second kappa shape index (κ2) is 8.65. The van der Waals surface area contributed by atoms with Crippen LogP contribution in [0, 0.1) is 5.82 Å². The number of hydrogen-bond acceptors (Lipinski definition) is 5. The minimum Gasteiger partial charge on any atom is -0.368 e. The number of benzene rings is 1. The summed E-state index contributed by atoms with van der Waals surface area (Å²) in [6, 6.07) is 8.61. The van der Waals surface area contributed by atoms with E-state index in [-0.39, 0.29) is 29.6 Å². The summed E-state index contributed by atoms with van der Waals surface area (Å²) >= 11 is 0. The molecule has 2 aromatic rings. The van der Waals surface area contributed by atoms with Crippen molar-refractivity contribution in [3.05, 3.63) is 53.1 Å². The number of carbonyl (C=O) groups is 1. The average molecular weight is 385 g/mol. The predicted octanol–water partition coefficient (Wildman–Crippen LogP) is 3.06. The largest absolute Gasteiger partial charge is 0.368 e. The average Bonchev–Trinajstić information content (AvgIpc) is 2.68. The van der Waals surface area contributed by atoms with E-state index in [1.54, 1.807) is 24.1 Å². The van der Waals surface area contributed by atoms with Crippen LogP contribution in [0.15, 0.2) is 30.3 Å². The Labute approximate surface area is 165 Å². The van der Waals surface area contributed by atoms with Gasteiger partial charge in [-0.2, -0.15) is 0 Å². The molecular weight excluding hydrogens is 357 g/mol. The van der Waals surface area contributed by atoms with Gasteiger partial charge in [0.25, 0.3) is 5.91 Å². The molecule has 150 valence electrons. The van der Waals surface area contributed by atoms with Crippen LogP contribution in [-0.4, -0.2) is 51.9 Å². The summed E-state index contributed by atoms with van der Waals surface area (Å²) in [6.45, 7) is 6.14. The van der Waals surface area contributed by atoms with Gasteiger partial charge in [-0.15, -0.1) is 0 Å². The lowest BCUT2D eigenvalue weighted by Crippen LogP contribution is -2.48. The smallest absolute Gasteiger partial charge is 0.272 e. The van der Waals surface area contributed by atoms with E-state index in [4.69, 9.17) is 5.73 Å². The SMILES string of the molecule is CC(C)c1cc(C(=O)N(C)[C@@H]2CCCN(Cc3ccccc3F)C2)nc(N)n1. The maximum absolute atomic E-state index is 14.0. The molecule has 1 aliphatic heterocycles. The van der Waals surface area contributed by atoms with Crippen molar-refractivity contribution in [1.82, 2.24) is 19.8 Å². The van der Waals surface area contributed by atoms with Crippen LogP contribution >= 0.6 is 0 Å². The zero-order chi connectivity index (χ0) is 20.3. The number of carbonyl (C=O) groups excluding carboxylic acids is 1. The Morgan fingerprint density at radius 3 is 2.82 bits per heavy atom. The fourth-order valence-electron chi connectivity index (χ4n) is 3.60. The van der Waals surface area contributed by atoms with Gasteiger partial charge >= 0.3 is 0 Å². The van der Waals surface area contributed by atoms with Crippen LogP contribution < -0.4 is 5.73 Å². The van der Waals surface area contributed by atoms with Crippen LogP contribution in [0.25, 0.3) is 0 Å². The third-order valence-electron chi connectivity index (χ3n) is 5.27. The summed E-state index contributed by atoms with van der Waals surface area (Å²) in [7, 11) is 1.80. The lowest BCUT2D eigenvalue weighted by Gasteiger charge is -2.37. The number of anilines is 1. The summed E-state index contributed by atoms with van der Waals surface area (Å²) in [6.07, 6.45) is 1.87. The quantitative estimate of drug-likeness (QED) is 0.856. The normalized spacial score (nSPS) is 17.7. The van der Waals surface area contributed by atoms with Crippen molar-refractivity contribution >= 4 is 11.9 Å². The molecule has 1 aromatic carbocycles. The lowest BCUT2D eigenvalue weighted by molar-refractivity contribution is 0.0602. The molecule has 0 bridgehead atoms. The van der Waals surface area contributed by atoms with E-state index in [1.807, 2.05) is 26.0 Å². The maximum atomic E-state index is 14.0. The van der Waals surface area contributed by atoms with Gasteiger partial charge in [-0.05, 0) is 37.4 Å². The molecular formula is C21H28FN5O. The number of nitrogens with zero attached hydrogens (tertiary/aromatic N) is 4. The maximum Gasteiger partial charge on any atom is 0.272 e. The number of halogens is 1. The summed E-state index contributed by atoms with van der Waals surface area (Å²) in [4.78, 5) is 25.3. The van der Waals surface area contributed by atoms with Crippen LogP contribution in [0.5, 0.6) is 0 Å². The van der Waals surface area contributed by atoms with Crippen molar-refractivity contribution in [1.29, 1.82) is 0 Å². The van der Waals surface area contributed by atoms with Gasteiger partial charge in [-0.25, -0.2) is 14.4 Å². The number of hydrogen-bond donors (Lipinski definition) is 1. The number of rotatable bonds is 5. The highest BCUT2D eigenvalue weighted by molar-refractivity contribution is 5.92. The topological polar surface area (TPSA) is 75.4 Å². The minimum absolute atomic E-state index is 0.0479. The molecule has 6 nitrogen and oxygen atoms in total. The second-order valence-corrected chi connectivity index (χ2v) is 7.73. The second-order valence-electron chi connectivity index (χ2n) is 7.73. The molecule has 2 heterocycles. The molecule has 1 amide bonds. The molecule has 1 saturated heterocycles. The first-order valence-corrected chi connectivity index (χ1v) is 9.72. The number of nitrogen functional groups attached to an aromatic ring is 1. The standard InChI is InChI=1S/C21H28FN5O/c1-14(2)18-11-19(25-21(23)24-18)20(28)26(3)16-8-6-10-27(13-16)12-15-7-4-5-9-17(15)22/h4-5,7,9,11,14,16H,6,8,10,12-13H2,1-3H3,(H2,23,24,25)/t16-/m1/s1. The fraction of sp³-hybridized carbons (Fsp3) is 0.476. The summed E-state index contributed by atoms with van der Waals surface area (Å²) < 4.78 is 14.0. The van der Waals surface area contributed by atoms with Gasteiger partial charge in [0.05, 0.1) is 0 Å². The Kier molecular flexibility index (Phi) is 6.24. The first-order chi connectivity index (χ1) is 13.3. The first-order valence-electron chi connectivity index (χ1n) is 9.72. The summed E-state index contributed by atoms with van der Waals surface area (Å²) in [5, 5.41) is 0. The molecule has 0 spiro atoms. The van der Waals surface area contributed by atoms with Crippen molar-refractivity contribution in [2.75, 3.05) is 25.9 Å². The van der Waals surface area contributed by atoms with Crippen LogP contribution in [-0.2, 0) is 6.54 Å². The minimum atomic E-state index is -0.188. The predicted molar refractivity (Wildman–Crippen MR) is 107 cm³/mol. The van der Waals surface area contributed by atoms with Crippen molar-refractivity contribution in [2.45, 2.75) is 45.2 Å². The zero-order valence-corrected chi connectivity index (χ0v) is 16.7. The molecule has 1 atom stereocenters. The van der Waals surface area contributed by atoms with Crippen LogP contribution in [0.4, 0.5) is 10.3 Å². The number of nitrogens with two attached hydrogens (primary N) is 1. The third kappa shape index (κ3) is 4.65. The van der Waals surface area contributed by atoms with E-state index in [0.717, 1.165) is 25.1 Å². The third-order valence-corrected chi connectivity index (χ3v) is 5.27. The van der Waals surface area contributed by atoms with Gasteiger partial charge in [0.1, 0.15) is 11.5 Å². The Morgan fingerprint density at radius 2 is 2.11 bits per heavy atom. The molecule has 1 aromatic heterocycles. The van der Waals surface area contributed by atoms with Crippen LogP contribution in [0.1, 0.15) is 54.4 Å². The fourth-order valence-corrected chi connectivity index (χ4v) is 3.60. The highest BCUT2D eigenvalue weighted by atomic mass is 19.1. The van der Waals surface area contributed by atoms with Gasteiger partial charge < -0.3 is 10.6 Å². The molecule has 0 radical (unpaired) electrons. The van der Waals surface area contributed by atoms with E-state index in [9.17, 15) is 9.18 Å². The molecule has 0 aliphatic carbocycles. The first kappa shape index (κ1) is 20.2. The van der Waals surface area contributed by atoms with Gasteiger partial charge in [0.15, 0.2) is 0 Å². The molecule has 28 heavy (non-hydrogen) atoms. The number of piperidine rings is 1. The molecule has 1 fully saturated rings. The summed E-state index contributed by atoms with van der Waals surface area (Å²) in [5.41, 5.74) is 7.56. The van der Waals surface area contributed by atoms with E-state index in [1.165, 1.54) is 6.07 Å². The van der Waals surface area contributed by atoms with Gasteiger partial charge in [-0.3, -0.25) is 9.69 Å². The Balaban J connectivity index is 1.70. The molecule has 2 N–H and O–H groups in total. The van der Waals surface area contributed by atoms with E-state index in [2.05, 4.69) is 14.9 Å². The Morgan fingerprint density at radius 1 is 1.36 bits per heavy atom. The van der Waals surface area contributed by atoms with Crippen molar-refractivity contribution in [2.24, 2.45) is 0 Å². The number of amides is 1. The van der Waals surface area contributed by atoms with E-state index >= 15 is 0 Å². The van der Waals surface area contributed by atoms with Gasteiger partial charge in [0, 0.05) is 37.4 Å². The molecule has 0 unspecified atom stereocenters. The van der Waals surface area contributed by atoms with Gasteiger partial charge in [-0.1, -0.05) is 32.0 Å². The van der Waals surface area contributed by atoms with Gasteiger partial charge in [0.2, 0.25) is 5.95 Å². The summed E-state index contributed by atoms with van der Waals surface area (Å²) in [5.74, 6) is -0.0682. The monoisotopic (exact) mass is 385 g/mol. The number of likely N-dealkylation sites (N-methyl/N-ethyl adjacent to an activating group) is 1. The highest BCUT2D eigenvalue weighted by Crippen LogP contribution is 2.21. The Hall–Kier alpha value is -2.54. The molecule has 3 rings (SSSR count).